The Hall–Kier alpha value is -1.77. The van der Waals surface area contributed by atoms with E-state index in [1.165, 1.54) is 13.2 Å². The van der Waals surface area contributed by atoms with Crippen LogP contribution in [0.4, 0.5) is 0 Å². The molecule has 0 bridgehead atoms. The predicted molar refractivity (Wildman–Crippen MR) is 99.1 cm³/mol. The first kappa shape index (κ1) is 19.6. The Morgan fingerprint density at radius 1 is 1.00 bits per heavy atom. The zero-order chi connectivity index (χ0) is 18.4. The van der Waals surface area contributed by atoms with Crippen molar-refractivity contribution in [3.05, 3.63) is 46.4 Å². The van der Waals surface area contributed by atoms with E-state index in [9.17, 15) is 8.42 Å². The predicted octanol–water partition coefficient (Wildman–Crippen LogP) is 3.00. The van der Waals surface area contributed by atoms with Gasteiger partial charge in [-0.2, -0.15) is 0 Å². The second-order valence-electron chi connectivity index (χ2n) is 5.10. The molecule has 0 heterocycles. The largest absolute Gasteiger partial charge is 0.495 e. The lowest BCUT2D eigenvalue weighted by atomic mass is 10.1. The van der Waals surface area contributed by atoms with Gasteiger partial charge in [-0.3, -0.25) is 0 Å². The Bertz CT molecular complexity index is 839. The fourth-order valence-corrected chi connectivity index (χ4v) is 4.15. The lowest BCUT2D eigenvalue weighted by Crippen LogP contribution is -2.26. The minimum Gasteiger partial charge on any atom is -0.495 e. The molecule has 0 amide bonds. The van der Waals surface area contributed by atoms with Crippen LogP contribution in [0.15, 0.2) is 45.8 Å². The molecule has 0 spiro atoms. The molecule has 2 aromatic rings. The Balaban J connectivity index is 2.15. The Kier molecular flexibility index (Phi) is 6.69. The van der Waals surface area contributed by atoms with Gasteiger partial charge in [0.2, 0.25) is 10.0 Å². The van der Waals surface area contributed by atoms with Gasteiger partial charge in [0.25, 0.3) is 0 Å². The number of halogens is 1. The SMILES string of the molecule is COc1ccc(Br)cc1S(=O)(=O)NCCc1cccc(OC)c1OC. The molecule has 25 heavy (non-hydrogen) atoms. The van der Waals surface area contributed by atoms with Gasteiger partial charge in [-0.05, 0) is 36.2 Å². The van der Waals surface area contributed by atoms with Gasteiger partial charge in [0, 0.05) is 11.0 Å². The highest BCUT2D eigenvalue weighted by molar-refractivity contribution is 9.10. The molecule has 0 aromatic heterocycles. The average molecular weight is 430 g/mol. The van der Waals surface area contributed by atoms with Crippen LogP contribution in [-0.4, -0.2) is 36.3 Å². The standard InChI is InChI=1S/C17H20BrNO5S/c1-22-14-8-7-13(18)11-16(14)25(20,21)19-10-9-12-5-4-6-15(23-2)17(12)24-3/h4-8,11,19H,9-10H2,1-3H3. The summed E-state index contributed by atoms with van der Waals surface area (Å²) in [6, 6.07) is 10.3. The third-order valence-corrected chi connectivity index (χ3v) is 5.56. The summed E-state index contributed by atoms with van der Waals surface area (Å²) in [5.41, 5.74) is 0.853. The smallest absolute Gasteiger partial charge is 0.244 e. The number of hydrogen-bond acceptors (Lipinski definition) is 5. The summed E-state index contributed by atoms with van der Waals surface area (Å²) in [6.45, 7) is 0.210. The van der Waals surface area contributed by atoms with E-state index in [4.69, 9.17) is 14.2 Å². The highest BCUT2D eigenvalue weighted by Crippen LogP contribution is 2.31. The average Bonchev–Trinajstić information content (AvgIpc) is 2.61. The molecule has 8 heteroatoms. The molecule has 0 fully saturated rings. The minimum atomic E-state index is -3.71. The molecule has 6 nitrogen and oxygen atoms in total. The number of ether oxygens (including phenoxy) is 3. The minimum absolute atomic E-state index is 0.0852. The van der Waals surface area contributed by atoms with Gasteiger partial charge in [-0.25, -0.2) is 13.1 Å². The summed E-state index contributed by atoms with van der Waals surface area (Å²) in [5, 5.41) is 0. The van der Waals surface area contributed by atoms with Crippen LogP contribution in [0.1, 0.15) is 5.56 Å². The Labute approximate surface area is 156 Å². The topological polar surface area (TPSA) is 73.9 Å². The van der Waals surface area contributed by atoms with Gasteiger partial charge >= 0.3 is 0 Å². The van der Waals surface area contributed by atoms with E-state index in [1.54, 1.807) is 32.4 Å². The molecule has 0 saturated heterocycles. The summed E-state index contributed by atoms with van der Waals surface area (Å²) < 4.78 is 44.1. The Morgan fingerprint density at radius 3 is 2.36 bits per heavy atom. The van der Waals surface area contributed by atoms with Crippen molar-refractivity contribution in [3.8, 4) is 17.2 Å². The quantitative estimate of drug-likeness (QED) is 0.697. The summed E-state index contributed by atoms with van der Waals surface area (Å²) in [7, 11) is 0.839. The van der Waals surface area contributed by atoms with Crippen molar-refractivity contribution >= 4 is 26.0 Å². The van der Waals surface area contributed by atoms with Gasteiger partial charge in [0.05, 0.1) is 21.3 Å². The first-order valence-electron chi connectivity index (χ1n) is 7.46. The lowest BCUT2D eigenvalue weighted by molar-refractivity contribution is 0.351. The van der Waals surface area contributed by atoms with Crippen LogP contribution >= 0.6 is 15.9 Å². The van der Waals surface area contributed by atoms with Crippen molar-refractivity contribution in [3.63, 3.8) is 0 Å². The normalized spacial score (nSPS) is 11.2. The van der Waals surface area contributed by atoms with Gasteiger partial charge in [-0.15, -0.1) is 0 Å². The van der Waals surface area contributed by atoms with Crippen LogP contribution < -0.4 is 18.9 Å². The highest BCUT2D eigenvalue weighted by atomic mass is 79.9. The van der Waals surface area contributed by atoms with Crippen molar-refractivity contribution < 1.29 is 22.6 Å². The molecular weight excluding hydrogens is 410 g/mol. The van der Waals surface area contributed by atoms with E-state index in [2.05, 4.69) is 20.7 Å². The van der Waals surface area contributed by atoms with Crippen LogP contribution in [0.25, 0.3) is 0 Å². The summed E-state index contributed by atoms with van der Waals surface area (Å²) in [5.74, 6) is 1.50. The lowest BCUT2D eigenvalue weighted by Gasteiger charge is -2.14. The van der Waals surface area contributed by atoms with Gasteiger partial charge < -0.3 is 14.2 Å². The van der Waals surface area contributed by atoms with Crippen LogP contribution in [0.5, 0.6) is 17.2 Å². The van der Waals surface area contributed by atoms with E-state index < -0.39 is 10.0 Å². The number of methoxy groups -OCH3 is 3. The second kappa shape index (κ2) is 8.55. The zero-order valence-corrected chi connectivity index (χ0v) is 16.6. The Morgan fingerprint density at radius 2 is 1.72 bits per heavy atom. The maximum atomic E-state index is 12.6. The molecule has 0 atom stereocenters. The second-order valence-corrected chi connectivity index (χ2v) is 7.75. The van der Waals surface area contributed by atoms with E-state index in [-0.39, 0.29) is 17.2 Å². The molecule has 0 aliphatic rings. The van der Waals surface area contributed by atoms with Crippen LogP contribution in [0, 0.1) is 0 Å². The number of sulfonamides is 1. The van der Waals surface area contributed by atoms with Crippen LogP contribution in [0.3, 0.4) is 0 Å². The van der Waals surface area contributed by atoms with E-state index in [1.807, 2.05) is 12.1 Å². The number of nitrogens with one attached hydrogen (secondary N) is 1. The molecule has 2 aromatic carbocycles. The van der Waals surface area contributed by atoms with Gasteiger partial charge in [-0.1, -0.05) is 28.1 Å². The van der Waals surface area contributed by atoms with Crippen molar-refractivity contribution in [2.75, 3.05) is 27.9 Å². The number of para-hydroxylation sites is 1. The van der Waals surface area contributed by atoms with E-state index >= 15 is 0 Å². The third kappa shape index (κ3) is 4.65. The van der Waals surface area contributed by atoms with Crippen molar-refractivity contribution in [2.24, 2.45) is 0 Å². The maximum Gasteiger partial charge on any atom is 0.244 e. The molecule has 0 aliphatic carbocycles. The summed E-state index contributed by atoms with van der Waals surface area (Å²) in [4.78, 5) is 0.0852. The summed E-state index contributed by atoms with van der Waals surface area (Å²) >= 11 is 3.28. The number of hydrogen-bond donors (Lipinski definition) is 1. The van der Waals surface area contributed by atoms with Crippen molar-refractivity contribution in [2.45, 2.75) is 11.3 Å². The van der Waals surface area contributed by atoms with Gasteiger partial charge in [0.1, 0.15) is 10.6 Å². The van der Waals surface area contributed by atoms with Crippen molar-refractivity contribution in [1.29, 1.82) is 0 Å². The monoisotopic (exact) mass is 429 g/mol. The maximum absolute atomic E-state index is 12.6. The van der Waals surface area contributed by atoms with Gasteiger partial charge in [0.15, 0.2) is 11.5 Å². The first-order valence-corrected chi connectivity index (χ1v) is 9.73. The number of benzene rings is 2. The molecular formula is C17H20BrNO5S. The number of rotatable bonds is 8. The highest BCUT2D eigenvalue weighted by Gasteiger charge is 2.20. The zero-order valence-electron chi connectivity index (χ0n) is 14.2. The van der Waals surface area contributed by atoms with Crippen LogP contribution in [0.2, 0.25) is 0 Å². The fraction of sp³-hybridized carbons (Fsp3) is 0.294. The molecule has 0 saturated carbocycles. The van der Waals surface area contributed by atoms with E-state index in [0.717, 1.165) is 5.56 Å². The fourth-order valence-electron chi connectivity index (χ4n) is 2.41. The molecule has 0 unspecified atom stereocenters. The molecule has 0 aliphatic heterocycles. The first-order chi connectivity index (χ1) is 11.9. The molecule has 2 rings (SSSR count). The van der Waals surface area contributed by atoms with Crippen molar-refractivity contribution in [1.82, 2.24) is 4.72 Å². The van der Waals surface area contributed by atoms with E-state index in [0.29, 0.717) is 22.4 Å². The summed E-state index contributed by atoms with van der Waals surface area (Å²) in [6.07, 6.45) is 0.454. The molecule has 136 valence electrons. The third-order valence-electron chi connectivity index (χ3n) is 3.59. The van der Waals surface area contributed by atoms with Crippen LogP contribution in [-0.2, 0) is 16.4 Å². The molecule has 1 N–H and O–H groups in total. The molecule has 0 radical (unpaired) electrons.